The number of amides is 1. The molecule has 9 heteroatoms. The number of benzene rings is 1. The maximum absolute atomic E-state index is 12.9. The Balaban J connectivity index is 1.54. The Bertz CT molecular complexity index is 1010. The summed E-state index contributed by atoms with van der Waals surface area (Å²) >= 11 is 1.44. The fraction of sp³-hybridized carbons (Fsp3) is 0.250. The lowest BCUT2D eigenvalue weighted by Crippen LogP contribution is -2.51. The number of nitro groups is 1. The molecule has 2 atom stereocenters. The Morgan fingerprint density at radius 1 is 1.28 bits per heavy atom. The zero-order chi connectivity index (χ0) is 20.5. The largest absolute Gasteiger partial charge is 0.456 e. The number of ether oxygens (including phenoxy) is 1. The van der Waals surface area contributed by atoms with Crippen molar-refractivity contribution in [2.45, 2.75) is 30.9 Å². The molecule has 0 saturated carbocycles. The van der Waals surface area contributed by atoms with Gasteiger partial charge in [0.1, 0.15) is 12.3 Å². The van der Waals surface area contributed by atoms with E-state index in [4.69, 9.17) is 4.74 Å². The Morgan fingerprint density at radius 3 is 2.59 bits per heavy atom. The number of non-ortho nitro benzene ring substituents is 1. The van der Waals surface area contributed by atoms with Gasteiger partial charge < -0.3 is 9.64 Å². The number of hydrogen-bond acceptors (Lipinski definition) is 7. The van der Waals surface area contributed by atoms with Crippen LogP contribution in [-0.4, -0.2) is 32.7 Å². The summed E-state index contributed by atoms with van der Waals surface area (Å²) in [5, 5.41) is 10.7. The normalized spacial score (nSPS) is 20.3. The van der Waals surface area contributed by atoms with E-state index in [1.54, 1.807) is 24.5 Å². The van der Waals surface area contributed by atoms with Gasteiger partial charge >= 0.3 is 5.97 Å². The molecule has 1 aromatic carbocycles. The van der Waals surface area contributed by atoms with Gasteiger partial charge in [-0.25, -0.2) is 4.79 Å². The molecule has 0 radical (unpaired) electrons. The fourth-order valence-corrected chi connectivity index (χ4v) is 4.58. The first-order chi connectivity index (χ1) is 14.0. The molecule has 1 saturated heterocycles. The number of β-lactam (4-membered cyclic amide) rings is 1. The number of thioether (sulfide) groups is 1. The van der Waals surface area contributed by atoms with Gasteiger partial charge in [-0.2, -0.15) is 0 Å². The van der Waals surface area contributed by atoms with E-state index in [0.29, 0.717) is 17.7 Å². The lowest BCUT2D eigenvalue weighted by molar-refractivity contribution is -0.384. The van der Waals surface area contributed by atoms with Crippen LogP contribution in [0.15, 0.2) is 64.3 Å². The maximum atomic E-state index is 12.9. The zero-order valence-electron chi connectivity index (χ0n) is 15.5. The van der Waals surface area contributed by atoms with E-state index in [2.05, 4.69) is 4.98 Å². The molecule has 1 amide bonds. The summed E-state index contributed by atoms with van der Waals surface area (Å²) in [6.45, 7) is 1.97. The number of carbonyl (C=O) groups excluding carboxylic acids is 2. The van der Waals surface area contributed by atoms with Crippen molar-refractivity contribution in [3.63, 3.8) is 0 Å². The monoisotopic (exact) mass is 411 g/mol. The van der Waals surface area contributed by atoms with Crippen LogP contribution in [0.5, 0.6) is 0 Å². The lowest BCUT2D eigenvalue weighted by atomic mass is 9.94. The topological polar surface area (TPSA) is 103 Å². The number of pyridine rings is 1. The molecular weight excluding hydrogens is 394 g/mol. The van der Waals surface area contributed by atoms with Crippen molar-refractivity contribution >= 4 is 29.3 Å². The minimum Gasteiger partial charge on any atom is -0.456 e. The Hall–Kier alpha value is -3.20. The summed E-state index contributed by atoms with van der Waals surface area (Å²) in [7, 11) is 0. The van der Waals surface area contributed by atoms with Crippen LogP contribution < -0.4 is 0 Å². The minimum atomic E-state index is -0.567. The zero-order valence-corrected chi connectivity index (χ0v) is 16.3. The number of hydrogen-bond donors (Lipinski definition) is 0. The van der Waals surface area contributed by atoms with Crippen LogP contribution >= 0.6 is 11.8 Å². The molecule has 2 aromatic rings. The second-order valence-corrected chi connectivity index (χ2v) is 7.94. The van der Waals surface area contributed by atoms with Crippen molar-refractivity contribution in [3.05, 3.63) is 75.1 Å². The maximum Gasteiger partial charge on any atom is 0.356 e. The minimum absolute atomic E-state index is 0.0197. The van der Waals surface area contributed by atoms with E-state index >= 15 is 0 Å². The molecule has 1 fully saturated rings. The van der Waals surface area contributed by atoms with Gasteiger partial charge in [-0.15, -0.1) is 0 Å². The highest BCUT2D eigenvalue weighted by Crippen LogP contribution is 2.49. The van der Waals surface area contributed by atoms with E-state index in [0.717, 1.165) is 9.80 Å². The van der Waals surface area contributed by atoms with Crippen LogP contribution in [0.3, 0.4) is 0 Å². The summed E-state index contributed by atoms with van der Waals surface area (Å²) in [5.41, 5.74) is 0.894. The predicted molar refractivity (Wildman–Crippen MR) is 104 cm³/mol. The van der Waals surface area contributed by atoms with Crippen LogP contribution in [-0.2, 0) is 20.9 Å². The van der Waals surface area contributed by atoms with Crippen molar-refractivity contribution in [2.24, 2.45) is 5.92 Å². The summed E-state index contributed by atoms with van der Waals surface area (Å²) in [6, 6.07) is 9.49. The van der Waals surface area contributed by atoms with Crippen LogP contribution in [0, 0.1) is 16.0 Å². The molecular formula is C20H17N3O5S. The molecule has 0 N–H and O–H groups in total. The lowest BCUT2D eigenvalue weighted by Gasteiger charge is -2.37. The van der Waals surface area contributed by atoms with Crippen LogP contribution in [0.1, 0.15) is 18.9 Å². The van der Waals surface area contributed by atoms with Gasteiger partial charge in [-0.3, -0.25) is 19.9 Å². The first kappa shape index (κ1) is 19.1. The molecule has 0 spiro atoms. The SMILES string of the molecule is CC1C(Sc2ccncc2)=C(C(=O)OCc2ccc([N+](=O)[O-])cc2)N2C(=O)CC12. The third-order valence-corrected chi connectivity index (χ3v) is 6.33. The highest BCUT2D eigenvalue weighted by molar-refractivity contribution is 8.03. The summed E-state index contributed by atoms with van der Waals surface area (Å²) in [5.74, 6) is -0.621. The average molecular weight is 411 g/mol. The van der Waals surface area contributed by atoms with Gasteiger partial charge in [0, 0.05) is 46.7 Å². The molecule has 29 heavy (non-hydrogen) atoms. The number of carbonyl (C=O) groups is 2. The van der Waals surface area contributed by atoms with E-state index in [-0.39, 0.29) is 30.2 Å². The molecule has 4 rings (SSSR count). The Labute approximate surface area is 170 Å². The number of nitro benzene ring substituents is 1. The smallest absolute Gasteiger partial charge is 0.356 e. The van der Waals surface area contributed by atoms with Crippen LogP contribution in [0.2, 0.25) is 0 Å². The molecule has 8 nitrogen and oxygen atoms in total. The molecule has 3 heterocycles. The molecule has 2 aliphatic heterocycles. The number of esters is 1. The fourth-order valence-electron chi connectivity index (χ4n) is 3.45. The van der Waals surface area contributed by atoms with Crippen LogP contribution in [0.25, 0.3) is 0 Å². The van der Waals surface area contributed by atoms with Gasteiger partial charge in [-0.1, -0.05) is 18.7 Å². The summed E-state index contributed by atoms with van der Waals surface area (Å²) in [6.07, 6.45) is 3.77. The average Bonchev–Trinajstić information content (AvgIpc) is 2.94. The van der Waals surface area contributed by atoms with E-state index in [9.17, 15) is 19.7 Å². The molecule has 148 valence electrons. The highest BCUT2D eigenvalue weighted by atomic mass is 32.2. The number of aromatic nitrogens is 1. The second kappa shape index (κ2) is 7.67. The molecule has 0 aliphatic carbocycles. The number of nitrogens with zero attached hydrogens (tertiary/aromatic N) is 3. The Morgan fingerprint density at radius 2 is 1.97 bits per heavy atom. The van der Waals surface area contributed by atoms with Gasteiger partial charge in [0.15, 0.2) is 0 Å². The third-order valence-electron chi connectivity index (χ3n) is 5.04. The van der Waals surface area contributed by atoms with E-state index in [1.807, 2.05) is 19.1 Å². The van der Waals surface area contributed by atoms with E-state index in [1.165, 1.54) is 28.8 Å². The number of rotatable bonds is 6. The van der Waals surface area contributed by atoms with Crippen molar-refractivity contribution in [3.8, 4) is 0 Å². The molecule has 2 unspecified atom stereocenters. The standard InChI is InChI=1S/C20H17N3O5S/c1-12-16-10-17(24)22(16)18(19(12)29-15-6-8-21-9-7-15)20(25)28-11-13-2-4-14(5-3-13)23(26)27/h2-9,12,16H,10-11H2,1H3. The van der Waals surface area contributed by atoms with E-state index < -0.39 is 10.9 Å². The quantitative estimate of drug-likeness (QED) is 0.311. The van der Waals surface area contributed by atoms with Gasteiger partial charge in [0.25, 0.3) is 5.69 Å². The van der Waals surface area contributed by atoms with Crippen molar-refractivity contribution in [1.29, 1.82) is 0 Å². The van der Waals surface area contributed by atoms with Crippen molar-refractivity contribution in [1.82, 2.24) is 9.88 Å². The second-order valence-electron chi connectivity index (χ2n) is 6.82. The van der Waals surface area contributed by atoms with Crippen molar-refractivity contribution in [2.75, 3.05) is 0 Å². The van der Waals surface area contributed by atoms with Gasteiger partial charge in [-0.05, 0) is 29.8 Å². The molecule has 0 bridgehead atoms. The first-order valence-electron chi connectivity index (χ1n) is 9.00. The molecule has 1 aromatic heterocycles. The number of fused-ring (bicyclic) bond motifs is 1. The molecule has 2 aliphatic rings. The van der Waals surface area contributed by atoms with Gasteiger partial charge in [0.05, 0.1) is 11.0 Å². The van der Waals surface area contributed by atoms with Crippen molar-refractivity contribution < 1.29 is 19.2 Å². The van der Waals surface area contributed by atoms with Gasteiger partial charge in [0.2, 0.25) is 5.91 Å². The third kappa shape index (κ3) is 3.61. The first-order valence-corrected chi connectivity index (χ1v) is 9.82. The van der Waals surface area contributed by atoms with Crippen LogP contribution in [0.4, 0.5) is 5.69 Å². The Kier molecular flexibility index (Phi) is 5.06. The summed E-state index contributed by atoms with van der Waals surface area (Å²) in [4.78, 5) is 42.5. The summed E-state index contributed by atoms with van der Waals surface area (Å²) < 4.78 is 5.44. The highest BCUT2D eigenvalue weighted by Gasteiger charge is 2.52. The predicted octanol–water partition coefficient (Wildman–Crippen LogP) is 3.29.